The average Bonchev–Trinajstić information content (AvgIpc) is 2.37. The SMILES string of the molecule is CCNC(c1c(F)cccc1F)C1CCCCC1(C)C. The van der Waals surface area contributed by atoms with Crippen molar-refractivity contribution in [1.29, 1.82) is 0 Å². The predicted molar refractivity (Wildman–Crippen MR) is 78.5 cm³/mol. The van der Waals surface area contributed by atoms with Crippen LogP contribution in [0.2, 0.25) is 0 Å². The van der Waals surface area contributed by atoms with Crippen molar-refractivity contribution in [1.82, 2.24) is 5.32 Å². The molecule has 1 fully saturated rings. The van der Waals surface area contributed by atoms with Crippen LogP contribution in [0.5, 0.6) is 0 Å². The van der Waals surface area contributed by atoms with Gasteiger partial charge >= 0.3 is 0 Å². The first-order valence-electron chi connectivity index (χ1n) is 7.64. The highest BCUT2D eigenvalue weighted by Crippen LogP contribution is 2.47. The molecule has 0 aliphatic heterocycles. The van der Waals surface area contributed by atoms with Crippen LogP contribution in [0.3, 0.4) is 0 Å². The van der Waals surface area contributed by atoms with Gasteiger partial charge in [0.15, 0.2) is 0 Å². The minimum Gasteiger partial charge on any atom is -0.310 e. The zero-order valence-corrected chi connectivity index (χ0v) is 12.7. The molecule has 0 amide bonds. The van der Waals surface area contributed by atoms with Crippen LogP contribution in [-0.2, 0) is 0 Å². The second kappa shape index (κ2) is 6.21. The van der Waals surface area contributed by atoms with Gasteiger partial charge in [-0.25, -0.2) is 8.78 Å². The van der Waals surface area contributed by atoms with Gasteiger partial charge in [0.25, 0.3) is 0 Å². The van der Waals surface area contributed by atoms with Gasteiger partial charge in [-0.2, -0.15) is 0 Å². The number of hydrogen-bond acceptors (Lipinski definition) is 1. The Hall–Kier alpha value is -0.960. The minimum absolute atomic E-state index is 0.111. The zero-order valence-electron chi connectivity index (χ0n) is 12.7. The quantitative estimate of drug-likeness (QED) is 0.833. The van der Waals surface area contributed by atoms with Gasteiger partial charge in [0.05, 0.1) is 0 Å². The standard InChI is InChI=1S/C17H25F2N/c1-4-20-16(12-8-5-6-11-17(12,2)3)15-13(18)9-7-10-14(15)19/h7,9-10,12,16,20H,4-6,8,11H2,1-3H3. The molecule has 1 N–H and O–H groups in total. The van der Waals surface area contributed by atoms with E-state index in [1.165, 1.54) is 24.6 Å². The molecule has 3 heteroatoms. The normalized spacial score (nSPS) is 23.6. The summed E-state index contributed by atoms with van der Waals surface area (Å²) in [7, 11) is 0. The molecule has 0 spiro atoms. The van der Waals surface area contributed by atoms with E-state index in [1.807, 2.05) is 6.92 Å². The van der Waals surface area contributed by atoms with E-state index < -0.39 is 11.6 Å². The predicted octanol–water partition coefficient (Wildman–Crippen LogP) is 4.83. The molecule has 2 atom stereocenters. The maximum Gasteiger partial charge on any atom is 0.130 e. The Morgan fingerprint density at radius 1 is 1.25 bits per heavy atom. The van der Waals surface area contributed by atoms with E-state index in [0.717, 1.165) is 19.3 Å². The molecular weight excluding hydrogens is 256 g/mol. The summed E-state index contributed by atoms with van der Waals surface area (Å²) < 4.78 is 28.3. The molecule has 2 unspecified atom stereocenters. The van der Waals surface area contributed by atoms with E-state index in [0.29, 0.717) is 6.54 Å². The van der Waals surface area contributed by atoms with Gasteiger partial charge in [-0.15, -0.1) is 0 Å². The van der Waals surface area contributed by atoms with Crippen LogP contribution in [0.1, 0.15) is 58.1 Å². The van der Waals surface area contributed by atoms with Crippen molar-refractivity contribution in [3.8, 4) is 0 Å². The van der Waals surface area contributed by atoms with E-state index in [-0.39, 0.29) is 22.9 Å². The number of nitrogens with one attached hydrogen (secondary N) is 1. The van der Waals surface area contributed by atoms with Crippen molar-refractivity contribution in [2.75, 3.05) is 6.54 Å². The number of halogens is 2. The summed E-state index contributed by atoms with van der Waals surface area (Å²) in [6, 6.07) is 3.91. The average molecular weight is 281 g/mol. The highest BCUT2D eigenvalue weighted by molar-refractivity contribution is 5.25. The van der Waals surface area contributed by atoms with Gasteiger partial charge in [0.1, 0.15) is 11.6 Å². The Labute approximate surface area is 120 Å². The van der Waals surface area contributed by atoms with Gasteiger partial charge in [-0.05, 0) is 42.9 Å². The summed E-state index contributed by atoms with van der Waals surface area (Å²) in [6.45, 7) is 7.15. The third-order valence-electron chi connectivity index (χ3n) is 4.73. The maximum atomic E-state index is 14.2. The molecule has 0 aromatic heterocycles. The third-order valence-corrected chi connectivity index (χ3v) is 4.73. The molecule has 1 aliphatic rings. The zero-order chi connectivity index (χ0) is 14.8. The first-order valence-corrected chi connectivity index (χ1v) is 7.64. The second-order valence-electron chi connectivity index (χ2n) is 6.51. The molecule has 112 valence electrons. The van der Waals surface area contributed by atoms with Gasteiger partial charge in [0.2, 0.25) is 0 Å². The van der Waals surface area contributed by atoms with Crippen molar-refractivity contribution in [3.05, 3.63) is 35.4 Å². The van der Waals surface area contributed by atoms with Crippen molar-refractivity contribution >= 4 is 0 Å². The molecule has 1 saturated carbocycles. The highest BCUT2D eigenvalue weighted by atomic mass is 19.1. The summed E-state index contributed by atoms with van der Waals surface area (Å²) in [5, 5.41) is 3.33. The van der Waals surface area contributed by atoms with E-state index in [9.17, 15) is 8.78 Å². The van der Waals surface area contributed by atoms with E-state index in [2.05, 4.69) is 19.2 Å². The van der Waals surface area contributed by atoms with Crippen molar-refractivity contribution in [3.63, 3.8) is 0 Å². The summed E-state index contributed by atoms with van der Waals surface area (Å²) in [6.07, 6.45) is 4.50. The Morgan fingerprint density at radius 2 is 1.90 bits per heavy atom. The van der Waals surface area contributed by atoms with Gasteiger partial charge in [0, 0.05) is 11.6 Å². The Balaban J connectivity index is 2.40. The Bertz CT molecular complexity index is 436. The summed E-state index contributed by atoms with van der Waals surface area (Å²) in [5.74, 6) is -0.600. The molecule has 0 radical (unpaired) electrons. The first-order chi connectivity index (χ1) is 9.47. The fourth-order valence-corrected chi connectivity index (χ4v) is 3.61. The van der Waals surface area contributed by atoms with Gasteiger partial charge in [-0.3, -0.25) is 0 Å². The number of rotatable bonds is 4. The maximum absolute atomic E-state index is 14.2. The largest absolute Gasteiger partial charge is 0.310 e. The fraction of sp³-hybridized carbons (Fsp3) is 0.647. The molecule has 0 saturated heterocycles. The van der Waals surface area contributed by atoms with Crippen LogP contribution in [0.25, 0.3) is 0 Å². The molecular formula is C17H25F2N. The van der Waals surface area contributed by atoms with Crippen molar-refractivity contribution in [2.24, 2.45) is 11.3 Å². The summed E-state index contributed by atoms with van der Waals surface area (Å²) >= 11 is 0. The molecule has 0 heterocycles. The second-order valence-corrected chi connectivity index (χ2v) is 6.51. The lowest BCUT2D eigenvalue weighted by atomic mass is 9.64. The lowest BCUT2D eigenvalue weighted by molar-refractivity contribution is 0.0959. The van der Waals surface area contributed by atoms with Crippen LogP contribution in [-0.4, -0.2) is 6.54 Å². The van der Waals surface area contributed by atoms with Gasteiger partial charge < -0.3 is 5.32 Å². The summed E-state index contributed by atoms with van der Waals surface area (Å²) in [4.78, 5) is 0. The van der Waals surface area contributed by atoms with Crippen LogP contribution in [0.15, 0.2) is 18.2 Å². The van der Waals surface area contributed by atoms with E-state index in [1.54, 1.807) is 0 Å². The smallest absolute Gasteiger partial charge is 0.130 e. The lowest BCUT2D eigenvalue weighted by Crippen LogP contribution is -2.39. The molecule has 1 aromatic carbocycles. The van der Waals surface area contributed by atoms with Gasteiger partial charge in [-0.1, -0.05) is 39.7 Å². The Kier molecular flexibility index (Phi) is 4.79. The molecule has 1 aliphatic carbocycles. The minimum atomic E-state index is -0.433. The van der Waals surface area contributed by atoms with Crippen LogP contribution < -0.4 is 5.32 Å². The number of hydrogen-bond donors (Lipinski definition) is 1. The van der Waals surface area contributed by atoms with Crippen LogP contribution in [0, 0.1) is 23.0 Å². The van der Waals surface area contributed by atoms with E-state index in [4.69, 9.17) is 0 Å². The topological polar surface area (TPSA) is 12.0 Å². The molecule has 20 heavy (non-hydrogen) atoms. The third kappa shape index (κ3) is 3.03. The Morgan fingerprint density at radius 3 is 2.45 bits per heavy atom. The summed E-state index contributed by atoms with van der Waals surface area (Å²) in [5.41, 5.74) is 0.328. The van der Waals surface area contributed by atoms with Crippen LogP contribution >= 0.6 is 0 Å². The molecule has 1 aromatic rings. The first kappa shape index (κ1) is 15.4. The molecule has 2 rings (SSSR count). The fourth-order valence-electron chi connectivity index (χ4n) is 3.61. The molecule has 0 bridgehead atoms. The van der Waals surface area contributed by atoms with Crippen molar-refractivity contribution < 1.29 is 8.78 Å². The van der Waals surface area contributed by atoms with Crippen molar-refractivity contribution in [2.45, 2.75) is 52.5 Å². The highest BCUT2D eigenvalue weighted by Gasteiger charge is 2.39. The lowest BCUT2D eigenvalue weighted by Gasteiger charge is -2.43. The molecule has 1 nitrogen and oxygen atoms in total. The number of benzene rings is 1. The monoisotopic (exact) mass is 281 g/mol. The van der Waals surface area contributed by atoms with Crippen LogP contribution in [0.4, 0.5) is 8.78 Å². The van der Waals surface area contributed by atoms with E-state index >= 15 is 0 Å².